The highest BCUT2D eigenvalue weighted by molar-refractivity contribution is 6.03. The molecule has 1 aromatic carbocycles. The molecule has 1 fully saturated rings. The topological polar surface area (TPSA) is 126 Å². The number of aromatic nitrogens is 1. The van der Waals surface area contributed by atoms with E-state index in [-0.39, 0.29) is 0 Å². The van der Waals surface area contributed by atoms with Gasteiger partial charge >= 0.3 is 11.9 Å². The Bertz CT molecular complexity index is 1030. The summed E-state index contributed by atoms with van der Waals surface area (Å²) in [5.74, 6) is -2.69. The Hall–Kier alpha value is -3.43. The molecule has 1 saturated heterocycles. The van der Waals surface area contributed by atoms with Crippen LogP contribution in [-0.4, -0.2) is 75.6 Å². The van der Waals surface area contributed by atoms with Crippen molar-refractivity contribution in [2.75, 3.05) is 38.0 Å². The van der Waals surface area contributed by atoms with Gasteiger partial charge in [0.15, 0.2) is 0 Å². The standard InChI is InChI=1S/C22H26N4O5/c1-14(2)13-25-7-9-26(10-8-25)21(22(30)31)17-12-23-18-11-15(3-4-16(17)18)24-19(27)5-6-20(28)29/h3-6,11-12,21,23H,1,7-10,13H2,2H3,(H,24,27)(H,28,29)(H,30,31)/b6-5+. The van der Waals surface area contributed by atoms with Gasteiger partial charge in [0.2, 0.25) is 5.91 Å². The fourth-order valence-electron chi connectivity index (χ4n) is 3.83. The molecule has 1 aliphatic heterocycles. The minimum absolute atomic E-state index is 0.473. The molecule has 1 atom stereocenters. The number of piperazine rings is 1. The molecule has 1 aliphatic rings. The third-order valence-corrected chi connectivity index (χ3v) is 5.15. The fourth-order valence-corrected chi connectivity index (χ4v) is 3.83. The van der Waals surface area contributed by atoms with Crippen LogP contribution >= 0.6 is 0 Å². The van der Waals surface area contributed by atoms with E-state index >= 15 is 0 Å². The van der Waals surface area contributed by atoms with E-state index in [9.17, 15) is 19.5 Å². The number of nitrogens with zero attached hydrogens (tertiary/aromatic N) is 2. The number of carbonyl (C=O) groups is 3. The first kappa shape index (κ1) is 22.3. The second-order valence-corrected chi connectivity index (χ2v) is 7.68. The molecule has 1 aromatic heterocycles. The van der Waals surface area contributed by atoms with Crippen molar-refractivity contribution >= 4 is 34.4 Å². The summed E-state index contributed by atoms with van der Waals surface area (Å²) < 4.78 is 0. The van der Waals surface area contributed by atoms with E-state index in [1.807, 2.05) is 11.8 Å². The third-order valence-electron chi connectivity index (χ3n) is 5.15. The van der Waals surface area contributed by atoms with Crippen LogP contribution in [0.4, 0.5) is 5.69 Å². The lowest BCUT2D eigenvalue weighted by Crippen LogP contribution is -2.49. The normalized spacial score (nSPS) is 16.4. The Kier molecular flexibility index (Phi) is 6.88. The number of hydrogen-bond donors (Lipinski definition) is 4. The van der Waals surface area contributed by atoms with Crippen LogP contribution in [0.2, 0.25) is 0 Å². The summed E-state index contributed by atoms with van der Waals surface area (Å²) in [6, 6.07) is 4.33. The smallest absolute Gasteiger partial charge is 0.328 e. The zero-order valence-electron chi connectivity index (χ0n) is 17.3. The van der Waals surface area contributed by atoms with Crippen LogP contribution in [0.15, 0.2) is 48.7 Å². The quantitative estimate of drug-likeness (QED) is 0.376. The largest absolute Gasteiger partial charge is 0.480 e. The second-order valence-electron chi connectivity index (χ2n) is 7.68. The van der Waals surface area contributed by atoms with Crippen LogP contribution in [0, 0.1) is 0 Å². The molecule has 4 N–H and O–H groups in total. The number of hydrogen-bond acceptors (Lipinski definition) is 5. The Morgan fingerprint density at radius 1 is 1.19 bits per heavy atom. The van der Waals surface area contributed by atoms with E-state index in [2.05, 4.69) is 21.8 Å². The highest BCUT2D eigenvalue weighted by Crippen LogP contribution is 2.31. The number of benzene rings is 1. The van der Waals surface area contributed by atoms with E-state index in [0.717, 1.165) is 42.7 Å². The molecule has 0 aliphatic carbocycles. The van der Waals surface area contributed by atoms with Gasteiger partial charge in [-0.3, -0.25) is 19.4 Å². The molecule has 0 spiro atoms. The van der Waals surface area contributed by atoms with Crippen LogP contribution in [0.25, 0.3) is 10.9 Å². The molecule has 0 saturated carbocycles. The molecule has 0 radical (unpaired) electrons. The van der Waals surface area contributed by atoms with Crippen molar-refractivity contribution in [3.63, 3.8) is 0 Å². The number of fused-ring (bicyclic) bond motifs is 1. The van der Waals surface area contributed by atoms with Gasteiger partial charge in [-0.15, -0.1) is 0 Å². The lowest BCUT2D eigenvalue weighted by molar-refractivity contribution is -0.144. The average molecular weight is 426 g/mol. The van der Waals surface area contributed by atoms with Gasteiger partial charge in [0.25, 0.3) is 0 Å². The molecule has 1 unspecified atom stereocenters. The van der Waals surface area contributed by atoms with Gasteiger partial charge in [0, 0.05) is 73.2 Å². The monoisotopic (exact) mass is 426 g/mol. The molecule has 3 rings (SSSR count). The molecular formula is C22H26N4O5. The van der Waals surface area contributed by atoms with Crippen molar-refractivity contribution in [3.05, 3.63) is 54.3 Å². The van der Waals surface area contributed by atoms with Crippen LogP contribution in [0.3, 0.4) is 0 Å². The van der Waals surface area contributed by atoms with E-state index < -0.39 is 23.9 Å². The highest BCUT2D eigenvalue weighted by Gasteiger charge is 2.32. The van der Waals surface area contributed by atoms with Gasteiger partial charge < -0.3 is 20.5 Å². The number of carboxylic acids is 2. The maximum atomic E-state index is 12.1. The van der Waals surface area contributed by atoms with Crippen molar-refractivity contribution in [2.45, 2.75) is 13.0 Å². The molecule has 1 amide bonds. The summed E-state index contributed by atoms with van der Waals surface area (Å²) in [5, 5.41) is 21.9. The number of carboxylic acid groups (broad SMARTS) is 2. The van der Waals surface area contributed by atoms with Crippen molar-refractivity contribution in [1.29, 1.82) is 0 Å². The fraction of sp³-hybridized carbons (Fsp3) is 0.318. The van der Waals surface area contributed by atoms with Crippen LogP contribution in [0.5, 0.6) is 0 Å². The number of nitrogens with one attached hydrogen (secondary N) is 2. The van der Waals surface area contributed by atoms with Gasteiger partial charge in [0.1, 0.15) is 6.04 Å². The van der Waals surface area contributed by atoms with Gasteiger partial charge in [-0.2, -0.15) is 0 Å². The minimum atomic E-state index is -1.21. The molecule has 2 heterocycles. The number of anilines is 1. The minimum Gasteiger partial charge on any atom is -0.480 e. The van der Waals surface area contributed by atoms with E-state index in [1.54, 1.807) is 24.4 Å². The van der Waals surface area contributed by atoms with Crippen LogP contribution in [-0.2, 0) is 14.4 Å². The summed E-state index contributed by atoms with van der Waals surface area (Å²) in [6.45, 7) is 9.57. The molecule has 0 bridgehead atoms. The Balaban J connectivity index is 1.77. The van der Waals surface area contributed by atoms with Gasteiger partial charge in [-0.05, 0) is 19.1 Å². The van der Waals surface area contributed by atoms with Gasteiger partial charge in [-0.1, -0.05) is 18.2 Å². The SMILES string of the molecule is C=C(C)CN1CCN(C(C(=O)O)c2c[nH]c3cc(NC(=O)/C=C/C(=O)O)ccc23)CC1. The first-order valence-corrected chi connectivity index (χ1v) is 9.91. The molecule has 9 nitrogen and oxygen atoms in total. The van der Waals surface area contributed by atoms with E-state index in [4.69, 9.17) is 5.11 Å². The van der Waals surface area contributed by atoms with Crippen LogP contribution in [0.1, 0.15) is 18.5 Å². The van der Waals surface area contributed by atoms with Gasteiger partial charge in [-0.25, -0.2) is 4.79 Å². The van der Waals surface area contributed by atoms with Crippen molar-refractivity contribution in [1.82, 2.24) is 14.8 Å². The Morgan fingerprint density at radius 2 is 1.90 bits per heavy atom. The predicted octanol–water partition coefficient (Wildman–Crippen LogP) is 2.07. The number of amides is 1. The summed E-state index contributed by atoms with van der Waals surface area (Å²) in [4.78, 5) is 41.8. The third kappa shape index (κ3) is 5.59. The zero-order chi connectivity index (χ0) is 22.5. The summed E-state index contributed by atoms with van der Waals surface area (Å²) in [7, 11) is 0. The number of H-pyrrole nitrogens is 1. The van der Waals surface area contributed by atoms with Crippen molar-refractivity contribution in [2.24, 2.45) is 0 Å². The van der Waals surface area contributed by atoms with Crippen molar-refractivity contribution in [3.8, 4) is 0 Å². The van der Waals surface area contributed by atoms with Gasteiger partial charge in [0.05, 0.1) is 0 Å². The second kappa shape index (κ2) is 9.59. The number of aliphatic carboxylic acids is 2. The van der Waals surface area contributed by atoms with E-state index in [0.29, 0.717) is 29.9 Å². The lowest BCUT2D eigenvalue weighted by Gasteiger charge is -2.37. The summed E-state index contributed by atoms with van der Waals surface area (Å²) in [5.41, 5.74) is 2.91. The maximum Gasteiger partial charge on any atom is 0.328 e. The lowest BCUT2D eigenvalue weighted by atomic mass is 10.0. The first-order valence-electron chi connectivity index (χ1n) is 9.91. The number of rotatable bonds is 8. The molecule has 2 aromatic rings. The molecule has 31 heavy (non-hydrogen) atoms. The van der Waals surface area contributed by atoms with Crippen LogP contribution < -0.4 is 5.32 Å². The maximum absolute atomic E-state index is 12.1. The summed E-state index contributed by atoms with van der Waals surface area (Å²) >= 11 is 0. The predicted molar refractivity (Wildman–Crippen MR) is 117 cm³/mol. The average Bonchev–Trinajstić information content (AvgIpc) is 3.10. The Labute approximate surface area is 179 Å². The molecular weight excluding hydrogens is 400 g/mol. The highest BCUT2D eigenvalue weighted by atomic mass is 16.4. The molecule has 164 valence electrons. The summed E-state index contributed by atoms with van der Waals surface area (Å²) in [6.07, 6.45) is 3.38. The van der Waals surface area contributed by atoms with Crippen molar-refractivity contribution < 1.29 is 24.6 Å². The number of aromatic amines is 1. The molecule has 9 heteroatoms. The Morgan fingerprint density at radius 3 is 2.52 bits per heavy atom. The van der Waals surface area contributed by atoms with E-state index in [1.165, 1.54) is 0 Å². The number of carbonyl (C=O) groups excluding carboxylic acids is 1. The zero-order valence-corrected chi connectivity index (χ0v) is 17.3. The first-order chi connectivity index (χ1) is 14.7.